The van der Waals surface area contributed by atoms with Gasteiger partial charge in [-0.05, 0) is 17.7 Å². The van der Waals surface area contributed by atoms with Crippen LogP contribution in [-0.2, 0) is 6.54 Å². The molecule has 2 aromatic rings. The minimum Gasteiger partial charge on any atom is -0.388 e. The van der Waals surface area contributed by atoms with Crippen LogP contribution in [0, 0.1) is 5.41 Å². The molecule has 0 aromatic heterocycles. The molecule has 3 nitrogen and oxygen atoms in total. The summed E-state index contributed by atoms with van der Waals surface area (Å²) in [5.41, 5.74) is 7.89. The van der Waals surface area contributed by atoms with Gasteiger partial charge in [0.2, 0.25) is 0 Å². The van der Waals surface area contributed by atoms with Gasteiger partial charge in [0, 0.05) is 25.2 Å². The molecule has 0 aliphatic rings. The zero-order chi connectivity index (χ0) is 13.5. The van der Waals surface area contributed by atoms with E-state index in [-0.39, 0.29) is 5.84 Å². The molecule has 3 N–H and O–H groups in total. The number of nitrogens with one attached hydrogen (secondary N) is 1. The number of para-hydroxylation sites is 1. The highest BCUT2D eigenvalue weighted by Gasteiger charge is 2.07. The van der Waals surface area contributed by atoms with Crippen molar-refractivity contribution in [3.05, 3.63) is 66.2 Å². The Hall–Kier alpha value is -2.29. The molecule has 19 heavy (non-hydrogen) atoms. The van der Waals surface area contributed by atoms with Crippen LogP contribution >= 0.6 is 0 Å². The molecule has 0 spiro atoms. The molecule has 0 fully saturated rings. The minimum atomic E-state index is 0.231. The molecule has 0 heterocycles. The van der Waals surface area contributed by atoms with Crippen molar-refractivity contribution in [1.29, 1.82) is 5.41 Å². The summed E-state index contributed by atoms with van der Waals surface area (Å²) in [5.74, 6) is 0.231. The lowest BCUT2D eigenvalue weighted by Crippen LogP contribution is -2.27. The van der Waals surface area contributed by atoms with E-state index in [9.17, 15) is 0 Å². The maximum atomic E-state index is 7.38. The molecule has 2 rings (SSSR count). The molecular formula is C16H19N3. The van der Waals surface area contributed by atoms with Crippen LogP contribution in [0.3, 0.4) is 0 Å². The summed E-state index contributed by atoms with van der Waals surface area (Å²) >= 11 is 0. The highest BCUT2D eigenvalue weighted by atomic mass is 15.1. The van der Waals surface area contributed by atoms with Crippen LogP contribution in [0.5, 0.6) is 0 Å². The fourth-order valence-corrected chi connectivity index (χ4v) is 2.00. The van der Waals surface area contributed by atoms with Crippen LogP contribution in [0.1, 0.15) is 12.0 Å². The molecule has 2 aromatic carbocycles. The van der Waals surface area contributed by atoms with Crippen molar-refractivity contribution in [3.63, 3.8) is 0 Å². The zero-order valence-corrected chi connectivity index (χ0v) is 10.9. The van der Waals surface area contributed by atoms with Gasteiger partial charge in [0.1, 0.15) is 0 Å². The second-order valence-corrected chi connectivity index (χ2v) is 4.52. The molecular weight excluding hydrogens is 234 g/mol. The van der Waals surface area contributed by atoms with Gasteiger partial charge in [-0.15, -0.1) is 0 Å². The van der Waals surface area contributed by atoms with Gasteiger partial charge in [-0.1, -0.05) is 48.5 Å². The summed E-state index contributed by atoms with van der Waals surface area (Å²) in [6, 6.07) is 20.6. The first-order valence-corrected chi connectivity index (χ1v) is 6.42. The lowest BCUT2D eigenvalue weighted by molar-refractivity contribution is 0.802. The van der Waals surface area contributed by atoms with Gasteiger partial charge < -0.3 is 10.6 Å². The van der Waals surface area contributed by atoms with E-state index in [1.165, 1.54) is 5.56 Å². The molecule has 0 radical (unpaired) electrons. The molecule has 0 aliphatic carbocycles. The molecule has 0 atom stereocenters. The van der Waals surface area contributed by atoms with Crippen LogP contribution in [0.25, 0.3) is 0 Å². The first-order valence-electron chi connectivity index (χ1n) is 6.42. The number of anilines is 1. The van der Waals surface area contributed by atoms with Crippen LogP contribution < -0.4 is 10.6 Å². The van der Waals surface area contributed by atoms with E-state index >= 15 is 0 Å². The van der Waals surface area contributed by atoms with Crippen molar-refractivity contribution in [1.82, 2.24) is 0 Å². The number of rotatable bonds is 6. The number of hydrogen-bond donors (Lipinski definition) is 2. The summed E-state index contributed by atoms with van der Waals surface area (Å²) in [6.45, 7) is 1.59. The Morgan fingerprint density at radius 3 is 2.11 bits per heavy atom. The van der Waals surface area contributed by atoms with E-state index in [1.54, 1.807) is 0 Å². The molecule has 0 amide bonds. The van der Waals surface area contributed by atoms with Gasteiger partial charge >= 0.3 is 0 Å². The maximum absolute atomic E-state index is 7.38. The Morgan fingerprint density at radius 2 is 1.53 bits per heavy atom. The number of nitrogens with two attached hydrogens (primary N) is 1. The molecule has 0 unspecified atom stereocenters. The number of hydrogen-bond acceptors (Lipinski definition) is 2. The minimum absolute atomic E-state index is 0.231. The second-order valence-electron chi connectivity index (χ2n) is 4.52. The molecule has 0 saturated carbocycles. The third-order valence-corrected chi connectivity index (χ3v) is 2.99. The average molecular weight is 253 g/mol. The topological polar surface area (TPSA) is 53.1 Å². The Morgan fingerprint density at radius 1 is 0.947 bits per heavy atom. The van der Waals surface area contributed by atoms with E-state index < -0.39 is 0 Å². The first-order chi connectivity index (χ1) is 9.25. The normalized spacial score (nSPS) is 10.1. The van der Waals surface area contributed by atoms with Crippen molar-refractivity contribution < 1.29 is 0 Å². The molecule has 0 aliphatic heterocycles. The molecule has 98 valence electrons. The summed E-state index contributed by atoms with van der Waals surface area (Å²) in [7, 11) is 0. The highest BCUT2D eigenvalue weighted by Crippen LogP contribution is 2.17. The van der Waals surface area contributed by atoms with Crippen molar-refractivity contribution in [2.75, 3.05) is 11.4 Å². The Balaban J connectivity index is 2.12. The van der Waals surface area contributed by atoms with Crippen LogP contribution in [0.4, 0.5) is 5.69 Å². The van der Waals surface area contributed by atoms with E-state index in [0.29, 0.717) is 6.42 Å². The van der Waals surface area contributed by atoms with Crippen LogP contribution in [0.15, 0.2) is 60.7 Å². The smallest absolute Gasteiger partial charge is 0.0923 e. The van der Waals surface area contributed by atoms with E-state index in [2.05, 4.69) is 29.2 Å². The Bertz CT molecular complexity index is 508. The molecule has 3 heteroatoms. The quantitative estimate of drug-likeness (QED) is 0.614. The number of amidine groups is 1. The fraction of sp³-hybridized carbons (Fsp3) is 0.188. The van der Waals surface area contributed by atoms with Crippen molar-refractivity contribution in [2.45, 2.75) is 13.0 Å². The van der Waals surface area contributed by atoms with Gasteiger partial charge in [0.25, 0.3) is 0 Å². The third kappa shape index (κ3) is 4.14. The summed E-state index contributed by atoms with van der Waals surface area (Å²) in [6.07, 6.45) is 0.585. The monoisotopic (exact) mass is 253 g/mol. The van der Waals surface area contributed by atoms with Crippen molar-refractivity contribution >= 4 is 11.5 Å². The first kappa shape index (κ1) is 13.1. The second kappa shape index (κ2) is 6.59. The summed E-state index contributed by atoms with van der Waals surface area (Å²) < 4.78 is 0. The van der Waals surface area contributed by atoms with Crippen LogP contribution in [0.2, 0.25) is 0 Å². The van der Waals surface area contributed by atoms with Gasteiger partial charge in [-0.25, -0.2) is 0 Å². The van der Waals surface area contributed by atoms with E-state index in [1.807, 2.05) is 36.4 Å². The third-order valence-electron chi connectivity index (χ3n) is 2.99. The van der Waals surface area contributed by atoms with E-state index in [4.69, 9.17) is 11.1 Å². The number of benzene rings is 2. The van der Waals surface area contributed by atoms with Gasteiger partial charge in [0.05, 0.1) is 5.84 Å². The largest absolute Gasteiger partial charge is 0.388 e. The standard InChI is InChI=1S/C16H19N3/c17-16(18)11-12-19(15-9-5-2-6-10-15)13-14-7-3-1-4-8-14/h1-10H,11-13H2,(H3,17,18). The predicted octanol–water partition coefficient (Wildman–Crippen LogP) is 3.02. The highest BCUT2D eigenvalue weighted by molar-refractivity contribution is 5.77. The van der Waals surface area contributed by atoms with Gasteiger partial charge in [0.15, 0.2) is 0 Å². The average Bonchev–Trinajstić information content (AvgIpc) is 2.45. The van der Waals surface area contributed by atoms with Gasteiger partial charge in [-0.3, -0.25) is 5.41 Å². The predicted molar refractivity (Wildman–Crippen MR) is 80.5 cm³/mol. The van der Waals surface area contributed by atoms with Gasteiger partial charge in [-0.2, -0.15) is 0 Å². The van der Waals surface area contributed by atoms with Crippen molar-refractivity contribution in [2.24, 2.45) is 5.73 Å². The molecule has 0 saturated heterocycles. The summed E-state index contributed by atoms with van der Waals surface area (Å²) in [5, 5.41) is 7.38. The Kier molecular flexibility index (Phi) is 4.56. The molecule has 0 bridgehead atoms. The lowest BCUT2D eigenvalue weighted by atomic mass is 10.2. The fourth-order valence-electron chi connectivity index (χ4n) is 2.00. The summed E-state index contributed by atoms with van der Waals surface area (Å²) in [4.78, 5) is 2.25. The SMILES string of the molecule is N=C(N)CCN(Cc1ccccc1)c1ccccc1. The Labute approximate surface area is 114 Å². The number of nitrogens with zero attached hydrogens (tertiary/aromatic N) is 1. The maximum Gasteiger partial charge on any atom is 0.0923 e. The van der Waals surface area contributed by atoms with Crippen molar-refractivity contribution in [3.8, 4) is 0 Å². The zero-order valence-electron chi connectivity index (χ0n) is 10.9. The lowest BCUT2D eigenvalue weighted by Gasteiger charge is -2.24. The van der Waals surface area contributed by atoms with Crippen LogP contribution in [-0.4, -0.2) is 12.4 Å². The van der Waals surface area contributed by atoms with E-state index in [0.717, 1.165) is 18.8 Å².